The van der Waals surface area contributed by atoms with Gasteiger partial charge in [0, 0.05) is 23.6 Å². The first-order chi connectivity index (χ1) is 15.5. The summed E-state index contributed by atoms with van der Waals surface area (Å²) >= 11 is 1.37. The average Bonchev–Trinajstić information content (AvgIpc) is 3.24. The third-order valence-electron chi connectivity index (χ3n) is 5.27. The van der Waals surface area contributed by atoms with Crippen molar-refractivity contribution in [2.75, 3.05) is 11.1 Å². The monoisotopic (exact) mass is 443 g/mol. The molecule has 32 heavy (non-hydrogen) atoms. The zero-order chi connectivity index (χ0) is 22.5. The summed E-state index contributed by atoms with van der Waals surface area (Å²) in [5, 5.41) is 12.5. The van der Waals surface area contributed by atoms with Crippen LogP contribution in [0.25, 0.3) is 17.1 Å². The Hall–Kier alpha value is -3.45. The van der Waals surface area contributed by atoms with E-state index in [-0.39, 0.29) is 11.7 Å². The fourth-order valence-electron chi connectivity index (χ4n) is 3.34. The van der Waals surface area contributed by atoms with Gasteiger partial charge in [0.25, 0.3) is 0 Å². The molecule has 2 heterocycles. The largest absolute Gasteiger partial charge is 0.325 e. The maximum Gasteiger partial charge on any atom is 0.234 e. The minimum atomic E-state index is -0.0802. The number of aryl methyl sites for hydroxylation is 3. The van der Waals surface area contributed by atoms with Crippen LogP contribution in [0.15, 0.2) is 72.1 Å². The van der Waals surface area contributed by atoms with Crippen LogP contribution < -0.4 is 5.32 Å². The van der Waals surface area contributed by atoms with Gasteiger partial charge in [-0.25, -0.2) is 0 Å². The first kappa shape index (κ1) is 21.8. The van der Waals surface area contributed by atoms with Crippen LogP contribution in [0.1, 0.15) is 23.6 Å². The van der Waals surface area contributed by atoms with Crippen molar-refractivity contribution in [3.8, 4) is 17.1 Å². The Kier molecular flexibility index (Phi) is 6.66. The van der Waals surface area contributed by atoms with Crippen LogP contribution in [0, 0.1) is 13.8 Å². The highest BCUT2D eigenvalue weighted by Gasteiger charge is 2.18. The summed E-state index contributed by atoms with van der Waals surface area (Å²) in [6, 6.07) is 18.0. The zero-order valence-electron chi connectivity index (χ0n) is 18.4. The van der Waals surface area contributed by atoms with Crippen LogP contribution >= 0.6 is 11.8 Å². The SMILES string of the molecule is CCc1cccc(NC(=O)CSc2nnc(-c3ccncc3)n2-c2ccc(C)c(C)c2)c1. The van der Waals surface area contributed by atoms with Crippen molar-refractivity contribution < 1.29 is 4.79 Å². The van der Waals surface area contributed by atoms with Crippen LogP contribution in [0.4, 0.5) is 5.69 Å². The highest BCUT2D eigenvalue weighted by molar-refractivity contribution is 7.99. The van der Waals surface area contributed by atoms with Gasteiger partial charge in [-0.15, -0.1) is 10.2 Å². The number of carbonyl (C=O) groups is 1. The van der Waals surface area contributed by atoms with Crippen molar-refractivity contribution in [3.63, 3.8) is 0 Å². The Morgan fingerprint density at radius 1 is 1.00 bits per heavy atom. The van der Waals surface area contributed by atoms with Gasteiger partial charge in [-0.05, 0) is 73.4 Å². The van der Waals surface area contributed by atoms with Gasteiger partial charge in [0.05, 0.1) is 11.4 Å². The van der Waals surface area contributed by atoms with E-state index in [4.69, 9.17) is 0 Å². The van der Waals surface area contributed by atoms with E-state index < -0.39 is 0 Å². The third kappa shape index (κ3) is 4.89. The number of nitrogens with one attached hydrogen (secondary N) is 1. The van der Waals surface area contributed by atoms with E-state index >= 15 is 0 Å². The number of carbonyl (C=O) groups excluding carboxylic acids is 1. The number of anilines is 1. The molecule has 0 aliphatic rings. The molecule has 4 rings (SSSR count). The van der Waals surface area contributed by atoms with Gasteiger partial charge in [0.1, 0.15) is 0 Å². The summed E-state index contributed by atoms with van der Waals surface area (Å²) in [5.41, 5.74) is 6.27. The summed E-state index contributed by atoms with van der Waals surface area (Å²) in [5.74, 6) is 0.868. The highest BCUT2D eigenvalue weighted by Crippen LogP contribution is 2.28. The lowest BCUT2D eigenvalue weighted by atomic mass is 10.1. The lowest BCUT2D eigenvalue weighted by Gasteiger charge is -2.12. The normalized spacial score (nSPS) is 10.8. The molecule has 0 radical (unpaired) electrons. The molecule has 6 nitrogen and oxygen atoms in total. The molecule has 0 aliphatic carbocycles. The van der Waals surface area contributed by atoms with Gasteiger partial charge in [-0.3, -0.25) is 14.3 Å². The van der Waals surface area contributed by atoms with E-state index in [9.17, 15) is 4.79 Å². The average molecular weight is 444 g/mol. The number of thioether (sulfide) groups is 1. The predicted octanol–water partition coefficient (Wildman–Crippen LogP) is 5.24. The van der Waals surface area contributed by atoms with E-state index in [1.165, 1.54) is 28.5 Å². The lowest BCUT2D eigenvalue weighted by molar-refractivity contribution is -0.113. The number of hydrogen-bond acceptors (Lipinski definition) is 5. The first-order valence-electron chi connectivity index (χ1n) is 10.5. The summed E-state index contributed by atoms with van der Waals surface area (Å²) in [4.78, 5) is 16.7. The maximum absolute atomic E-state index is 12.6. The number of aromatic nitrogens is 4. The van der Waals surface area contributed by atoms with Crippen molar-refractivity contribution in [3.05, 3.63) is 83.7 Å². The predicted molar refractivity (Wildman–Crippen MR) is 129 cm³/mol. The van der Waals surface area contributed by atoms with Crippen molar-refractivity contribution in [1.82, 2.24) is 19.7 Å². The van der Waals surface area contributed by atoms with Crippen molar-refractivity contribution in [1.29, 1.82) is 0 Å². The highest BCUT2D eigenvalue weighted by atomic mass is 32.2. The van der Waals surface area contributed by atoms with Gasteiger partial charge in [-0.2, -0.15) is 0 Å². The zero-order valence-corrected chi connectivity index (χ0v) is 19.2. The second-order valence-corrected chi connectivity index (χ2v) is 8.48. The summed E-state index contributed by atoms with van der Waals surface area (Å²) < 4.78 is 2.00. The summed E-state index contributed by atoms with van der Waals surface area (Å²) in [7, 11) is 0. The Morgan fingerprint density at radius 2 is 1.81 bits per heavy atom. The van der Waals surface area contributed by atoms with E-state index in [2.05, 4.69) is 65.5 Å². The lowest BCUT2D eigenvalue weighted by Crippen LogP contribution is -2.14. The molecule has 2 aromatic heterocycles. The Morgan fingerprint density at radius 3 is 2.56 bits per heavy atom. The Bertz CT molecular complexity index is 1240. The fraction of sp³-hybridized carbons (Fsp3) is 0.200. The minimum absolute atomic E-state index is 0.0802. The van der Waals surface area contributed by atoms with Gasteiger partial charge >= 0.3 is 0 Å². The molecular weight excluding hydrogens is 418 g/mol. The summed E-state index contributed by atoms with van der Waals surface area (Å²) in [6.07, 6.45) is 4.40. The molecule has 2 aromatic carbocycles. The fourth-order valence-corrected chi connectivity index (χ4v) is 4.10. The van der Waals surface area contributed by atoms with Crippen molar-refractivity contribution in [2.45, 2.75) is 32.3 Å². The van der Waals surface area contributed by atoms with Crippen LogP contribution in [-0.4, -0.2) is 31.4 Å². The van der Waals surface area contributed by atoms with E-state index in [0.29, 0.717) is 11.0 Å². The van der Waals surface area contributed by atoms with Crippen LogP contribution in [-0.2, 0) is 11.2 Å². The molecule has 4 aromatic rings. The molecule has 0 aliphatic heterocycles. The molecule has 0 unspecified atom stereocenters. The Balaban J connectivity index is 1.60. The molecule has 0 saturated carbocycles. The van der Waals surface area contributed by atoms with E-state index in [1.54, 1.807) is 12.4 Å². The number of benzene rings is 2. The second kappa shape index (κ2) is 9.78. The van der Waals surface area contributed by atoms with E-state index in [0.717, 1.165) is 23.4 Å². The molecule has 1 N–H and O–H groups in total. The van der Waals surface area contributed by atoms with Gasteiger partial charge < -0.3 is 5.32 Å². The molecule has 1 amide bonds. The van der Waals surface area contributed by atoms with Crippen molar-refractivity contribution >= 4 is 23.4 Å². The number of rotatable bonds is 7. The van der Waals surface area contributed by atoms with Crippen molar-refractivity contribution in [2.24, 2.45) is 0 Å². The van der Waals surface area contributed by atoms with Gasteiger partial charge in [-0.1, -0.05) is 36.9 Å². The number of nitrogens with zero attached hydrogens (tertiary/aromatic N) is 4. The molecule has 7 heteroatoms. The standard InChI is InChI=1S/C25H25N5OS/c1-4-19-6-5-7-21(15-19)27-23(31)16-32-25-29-28-24(20-10-12-26-13-11-20)30(25)22-9-8-17(2)18(3)14-22/h5-15H,4,16H2,1-3H3,(H,27,31). The van der Waals surface area contributed by atoms with Crippen LogP contribution in [0.2, 0.25) is 0 Å². The minimum Gasteiger partial charge on any atom is -0.325 e. The number of hydrogen-bond donors (Lipinski definition) is 1. The smallest absolute Gasteiger partial charge is 0.234 e. The van der Waals surface area contributed by atoms with Gasteiger partial charge in [0.2, 0.25) is 5.91 Å². The quantitative estimate of drug-likeness (QED) is 0.396. The number of amides is 1. The van der Waals surface area contributed by atoms with E-state index in [1.807, 2.05) is 34.9 Å². The molecule has 0 saturated heterocycles. The third-order valence-corrected chi connectivity index (χ3v) is 6.20. The first-order valence-corrected chi connectivity index (χ1v) is 11.5. The van der Waals surface area contributed by atoms with Crippen LogP contribution in [0.3, 0.4) is 0 Å². The molecule has 0 atom stereocenters. The maximum atomic E-state index is 12.6. The number of pyridine rings is 1. The van der Waals surface area contributed by atoms with Gasteiger partial charge in [0.15, 0.2) is 11.0 Å². The summed E-state index contributed by atoms with van der Waals surface area (Å²) in [6.45, 7) is 6.26. The second-order valence-electron chi connectivity index (χ2n) is 7.54. The topological polar surface area (TPSA) is 72.7 Å². The molecule has 0 spiro atoms. The molecular formula is C25H25N5OS. The van der Waals surface area contributed by atoms with Crippen LogP contribution in [0.5, 0.6) is 0 Å². The Labute approximate surface area is 192 Å². The molecule has 0 fully saturated rings. The molecule has 0 bridgehead atoms. The molecule has 162 valence electrons.